The minimum atomic E-state index is -3.85. The summed E-state index contributed by atoms with van der Waals surface area (Å²) in [6.45, 7) is 7.62. The van der Waals surface area contributed by atoms with E-state index in [-0.39, 0.29) is 93.5 Å². The fourth-order valence-electron chi connectivity index (χ4n) is 12.6. The van der Waals surface area contributed by atoms with Crippen molar-refractivity contribution in [3.63, 3.8) is 0 Å². The Bertz CT molecular complexity index is 6940. The lowest BCUT2D eigenvalue weighted by Crippen LogP contribution is -2.16. The summed E-state index contributed by atoms with van der Waals surface area (Å²) in [5.74, 6) is 2.35. The van der Waals surface area contributed by atoms with E-state index in [0.717, 1.165) is 34.4 Å². The zero-order valence-corrected chi connectivity index (χ0v) is 80.6. The summed E-state index contributed by atoms with van der Waals surface area (Å²) < 4.78 is 128. The number of halogens is 5. The number of ketones is 5. The second kappa shape index (κ2) is 45.3. The van der Waals surface area contributed by atoms with E-state index < -0.39 is 49.8 Å². The first kappa shape index (κ1) is 100. The molecule has 15 rings (SSSR count). The number of rotatable bonds is 27. The number of nitrogens with one attached hydrogen (secondary N) is 5. The molecule has 0 aliphatic carbocycles. The number of aromatic nitrogens is 2. The van der Waals surface area contributed by atoms with Gasteiger partial charge in [0, 0.05) is 130 Å². The third kappa shape index (κ3) is 27.5. The first-order valence-corrected chi connectivity index (χ1v) is 50.2. The maximum Gasteiger partial charge on any atom is 0.261 e. The summed E-state index contributed by atoms with van der Waals surface area (Å²) in [5.41, 5.74) is 9.33. The predicted molar refractivity (Wildman–Crippen MR) is 535 cm³/mol. The molecule has 0 bridgehead atoms. The van der Waals surface area contributed by atoms with E-state index in [9.17, 15) is 61.9 Å². The fourth-order valence-corrected chi connectivity index (χ4v) is 19.2. The van der Waals surface area contributed by atoms with Crippen LogP contribution in [-0.2, 0) is 56.2 Å². The Morgan fingerprint density at radius 3 is 0.850 bits per heavy atom. The molecule has 0 fully saturated rings. The zero-order chi connectivity index (χ0) is 96.0. The van der Waals surface area contributed by atoms with Gasteiger partial charge in [0.2, 0.25) is 0 Å². The number of benzene rings is 13. The number of hydrogen-bond acceptors (Lipinski definition) is 17. The van der Waals surface area contributed by atoms with Crippen molar-refractivity contribution in [1.82, 2.24) is 9.97 Å². The van der Waals surface area contributed by atoms with Crippen LogP contribution in [0.4, 0.5) is 34.1 Å². The van der Waals surface area contributed by atoms with E-state index >= 15 is 0 Å². The smallest absolute Gasteiger partial charge is 0.261 e. The van der Waals surface area contributed by atoms with Gasteiger partial charge in [-0.3, -0.25) is 52.8 Å². The van der Waals surface area contributed by atoms with Gasteiger partial charge in [-0.25, -0.2) is 37.9 Å². The molecule has 0 saturated carbocycles. The van der Waals surface area contributed by atoms with Crippen molar-refractivity contribution in [2.75, 3.05) is 42.6 Å². The normalized spacial score (nSPS) is 11.5. The second-order valence-corrected chi connectivity index (χ2v) is 41.1. The predicted octanol–water partition coefficient (Wildman–Crippen LogP) is 22.6. The number of anilines is 6. The molecule has 0 spiro atoms. The standard InChI is InChI=1S/C22H21ClN2O2S.C20H16BrNO3S.C20H17ClN2O3S.C20H16ClNO3S.C19H15ClN2O3S/c1-25(2)18-10-12-19(13-11-18)28(3,27)24-21-14-9-17(23)15-20(21)22(26)16-7-5-4-6-8-16;1-14-7-10-17(11-8-14)26(24,25)22-19-12-9-16(21)13-18(19)20(23)15-5-3-2-4-6-15;1-2-14-5-8-17(9-6-14)27(25,26)23-19-10-7-16(21)12-18(19)20(24)15-4-3-11-22-13-15;1-14-7-10-17(11-8-14)26(24,25)22-19-12-9-16(21)13-18(19)20(23)15-5-3-2-4-6-15;1-13-4-7-16(8-5-13)26(24,25)22-18-9-6-15(20)11-17(18)19(23)14-3-2-10-21-12-14/h4-15H,3H2,1-2H3,(H,24,27);2-13,22H,1H3;3-13,23H,2H2,1H3;2-13,22H,1H3;2-12,22H,1H3. The van der Waals surface area contributed by atoms with Gasteiger partial charge < -0.3 is 9.62 Å². The van der Waals surface area contributed by atoms with Gasteiger partial charge in [0.1, 0.15) is 0 Å². The van der Waals surface area contributed by atoms with Gasteiger partial charge in [-0.2, -0.15) is 0 Å². The van der Waals surface area contributed by atoms with Gasteiger partial charge >= 0.3 is 0 Å². The van der Waals surface area contributed by atoms with Crippen LogP contribution in [-0.4, -0.2) is 96.7 Å². The lowest BCUT2D eigenvalue weighted by atomic mass is 10.0. The van der Waals surface area contributed by atoms with Crippen molar-refractivity contribution in [3.05, 3.63) is 455 Å². The van der Waals surface area contributed by atoms with Gasteiger partial charge in [0.25, 0.3) is 40.1 Å². The summed E-state index contributed by atoms with van der Waals surface area (Å²) in [5, 5.41) is 1.44. The molecule has 0 saturated heterocycles. The molecule has 1 atom stereocenters. The van der Waals surface area contributed by atoms with Crippen LogP contribution >= 0.6 is 62.3 Å². The van der Waals surface area contributed by atoms with Gasteiger partial charge in [-0.05, 0) is 227 Å². The van der Waals surface area contributed by atoms with E-state index in [1.165, 1.54) is 103 Å². The molecule has 15 aromatic rings. The average molecular weight is 2020 g/mol. The van der Waals surface area contributed by atoms with Crippen molar-refractivity contribution >= 4 is 181 Å². The van der Waals surface area contributed by atoms with Crippen LogP contribution < -0.4 is 28.5 Å². The molecule has 0 aliphatic rings. The van der Waals surface area contributed by atoms with Crippen molar-refractivity contribution in [2.45, 2.75) is 58.6 Å². The Morgan fingerprint density at radius 2 is 0.571 bits per heavy atom. The van der Waals surface area contributed by atoms with Crippen LogP contribution in [0.15, 0.2) is 381 Å². The number of pyridine rings is 2. The molecule has 0 radical (unpaired) electrons. The lowest BCUT2D eigenvalue weighted by Gasteiger charge is -2.18. The van der Waals surface area contributed by atoms with Crippen LogP contribution in [0.2, 0.25) is 20.1 Å². The van der Waals surface area contributed by atoms with Crippen molar-refractivity contribution in [2.24, 2.45) is 0 Å². The molecule has 2 heterocycles. The minimum Gasteiger partial charge on any atom is -0.378 e. The highest BCUT2D eigenvalue weighted by atomic mass is 79.9. The molecule has 0 amide bonds. The molecular weight excluding hydrogens is 1930 g/mol. The van der Waals surface area contributed by atoms with Gasteiger partial charge in [-0.15, -0.1) is 0 Å². The van der Waals surface area contributed by atoms with Crippen molar-refractivity contribution in [1.29, 1.82) is 0 Å². The SMILES string of the molecule is C=S(=O)(Nc1ccc(Cl)cc1C(=O)c1ccccc1)c1ccc(N(C)C)cc1.CCc1ccc(S(=O)(=O)Nc2ccc(Cl)cc2C(=O)c2cccnc2)cc1.Cc1ccc(S(=O)(=O)Nc2ccc(Br)cc2C(=O)c2ccccc2)cc1.Cc1ccc(S(=O)(=O)Nc2ccc(Cl)cc2C(=O)c2ccccc2)cc1.Cc1ccc(S(=O)(=O)Nc2ccc(Cl)cc2C(=O)c2cccnc2)cc1. The van der Waals surface area contributed by atoms with E-state index in [1.807, 2.05) is 71.0 Å². The average Bonchev–Trinajstić information content (AvgIpc) is 0.829. The van der Waals surface area contributed by atoms with E-state index in [2.05, 4.69) is 55.4 Å². The molecule has 678 valence electrons. The van der Waals surface area contributed by atoms with Gasteiger partial charge in [0.05, 0.1) is 57.7 Å². The van der Waals surface area contributed by atoms with E-state index in [1.54, 1.807) is 225 Å². The number of hydrogen-bond donors (Lipinski definition) is 5. The third-order valence-corrected chi connectivity index (χ3v) is 28.3. The van der Waals surface area contributed by atoms with Crippen LogP contribution in [0.5, 0.6) is 0 Å². The largest absolute Gasteiger partial charge is 0.378 e. The number of sulfonamides is 4. The van der Waals surface area contributed by atoms with Crippen LogP contribution in [0.1, 0.15) is 109 Å². The minimum absolute atomic E-state index is 0.109. The van der Waals surface area contributed by atoms with Crippen LogP contribution in [0, 0.1) is 20.8 Å². The maximum absolute atomic E-state index is 13.3. The molecule has 0 aliphatic heterocycles. The Morgan fingerprint density at radius 1 is 0.316 bits per heavy atom. The van der Waals surface area contributed by atoms with E-state index in [0.29, 0.717) is 68.5 Å². The van der Waals surface area contributed by atoms with Crippen molar-refractivity contribution < 1.29 is 61.9 Å². The molecule has 5 N–H and O–H groups in total. The number of carbonyl (C=O) groups is 5. The Balaban J connectivity index is 0.000000160. The summed E-state index contributed by atoms with van der Waals surface area (Å²) in [6, 6.07) is 89.2. The fraction of sp³-hybridized carbons (Fsp3) is 0.0693. The number of carbonyl (C=O) groups excluding carboxylic acids is 5. The van der Waals surface area contributed by atoms with Crippen LogP contribution in [0.25, 0.3) is 0 Å². The maximum atomic E-state index is 13.3. The highest BCUT2D eigenvalue weighted by Crippen LogP contribution is 2.34. The Kier molecular flexibility index (Phi) is 34.1. The number of aryl methyl sites for hydroxylation is 4. The monoisotopic (exact) mass is 2010 g/mol. The highest BCUT2D eigenvalue weighted by molar-refractivity contribution is 9.10. The van der Waals surface area contributed by atoms with Crippen LogP contribution in [0.3, 0.4) is 0 Å². The molecular formula is C101H85BrCl4N8O14S5. The molecule has 133 heavy (non-hydrogen) atoms. The topological polar surface area (TPSA) is 328 Å². The molecule has 13 aromatic carbocycles. The summed E-state index contributed by atoms with van der Waals surface area (Å²) in [6.07, 6.45) is 6.76. The van der Waals surface area contributed by atoms with E-state index in [4.69, 9.17) is 46.4 Å². The third-order valence-electron chi connectivity index (χ3n) is 19.7. The van der Waals surface area contributed by atoms with Crippen molar-refractivity contribution in [3.8, 4) is 0 Å². The molecule has 32 heteroatoms. The summed E-state index contributed by atoms with van der Waals surface area (Å²) in [7, 11) is -14.3. The molecule has 2 aromatic heterocycles. The Hall–Kier alpha value is -13.2. The molecule has 1 unspecified atom stereocenters. The Labute approximate surface area is 802 Å². The number of nitrogens with zero attached hydrogens (tertiary/aromatic N) is 3. The molecule has 22 nitrogen and oxygen atoms in total. The second-order valence-electron chi connectivity index (χ2n) is 29.7. The first-order chi connectivity index (χ1) is 63.3. The summed E-state index contributed by atoms with van der Waals surface area (Å²) in [4.78, 5) is 75.0. The highest BCUT2D eigenvalue weighted by Gasteiger charge is 2.27. The first-order valence-electron chi connectivity index (χ1n) is 40.3. The lowest BCUT2D eigenvalue weighted by molar-refractivity contribution is 0.103. The quantitative estimate of drug-likeness (QED) is 0.0236. The zero-order valence-electron chi connectivity index (χ0n) is 71.9. The van der Waals surface area contributed by atoms with Gasteiger partial charge in [0.15, 0.2) is 28.9 Å². The van der Waals surface area contributed by atoms with Gasteiger partial charge in [-0.1, -0.05) is 225 Å². The summed E-state index contributed by atoms with van der Waals surface area (Å²) >= 11 is 27.5.